The number of benzene rings is 2. The molecule has 3 N–H and O–H groups in total. The van der Waals surface area contributed by atoms with Gasteiger partial charge in [-0.05, 0) is 53.9 Å². The third-order valence-electron chi connectivity index (χ3n) is 5.55. The lowest BCUT2D eigenvalue weighted by molar-refractivity contribution is -0.149. The molecule has 10 heteroatoms. The third-order valence-corrected chi connectivity index (χ3v) is 5.77. The molecule has 1 unspecified atom stereocenters. The lowest BCUT2D eigenvalue weighted by atomic mass is 10.0. The van der Waals surface area contributed by atoms with Crippen molar-refractivity contribution >= 4 is 40.9 Å². The molecule has 31 heavy (non-hydrogen) atoms. The first-order valence-electron chi connectivity index (χ1n) is 9.60. The first-order chi connectivity index (χ1) is 14.7. The highest BCUT2D eigenvalue weighted by molar-refractivity contribution is 6.30. The Morgan fingerprint density at radius 3 is 2.68 bits per heavy atom. The maximum atomic E-state index is 13.4. The van der Waals surface area contributed by atoms with Gasteiger partial charge in [-0.25, -0.2) is 9.18 Å². The number of nitrogens with zero attached hydrogens (tertiary/aromatic N) is 2. The molecule has 0 aromatic heterocycles. The summed E-state index contributed by atoms with van der Waals surface area (Å²) in [6.07, 6.45) is -0.646. The predicted octanol–water partition coefficient (Wildman–Crippen LogP) is 2.30. The molecule has 1 fully saturated rings. The first-order valence-corrected chi connectivity index (χ1v) is 9.98. The van der Waals surface area contributed by atoms with E-state index in [0.29, 0.717) is 29.9 Å². The fraction of sp³-hybridized carbons (Fsp3) is 0.286. The van der Waals surface area contributed by atoms with Crippen LogP contribution in [0.1, 0.15) is 17.5 Å². The molecule has 2 aliphatic rings. The topological polar surface area (TPSA) is 110 Å². The standard InChI is InChI=1S/C21H19ClFN3O5/c22-14-7-12(8-15(23)10-14)11-24-18(27)21(31)4-6-25(19(21)28)16-1-2-17-13(9-16)3-5-26(17)20(29)30/h1-2,7-10,31H,3-6,11H2,(H,24,27)(H,29,30). The van der Waals surface area contributed by atoms with E-state index in [-0.39, 0.29) is 24.5 Å². The van der Waals surface area contributed by atoms with E-state index in [1.54, 1.807) is 18.2 Å². The molecule has 0 aliphatic carbocycles. The smallest absolute Gasteiger partial charge is 0.411 e. The number of carboxylic acid groups (broad SMARTS) is 1. The van der Waals surface area contributed by atoms with Crippen LogP contribution in [-0.4, -0.2) is 46.8 Å². The molecular formula is C21H19ClFN3O5. The predicted molar refractivity (Wildman–Crippen MR) is 111 cm³/mol. The normalized spacial score (nSPS) is 20.2. The Morgan fingerprint density at radius 2 is 1.97 bits per heavy atom. The van der Waals surface area contributed by atoms with E-state index in [1.807, 2.05) is 0 Å². The van der Waals surface area contributed by atoms with Gasteiger partial charge < -0.3 is 20.4 Å². The summed E-state index contributed by atoms with van der Waals surface area (Å²) in [5.74, 6) is -2.20. The van der Waals surface area contributed by atoms with Gasteiger partial charge in [-0.2, -0.15) is 0 Å². The van der Waals surface area contributed by atoms with E-state index in [9.17, 15) is 29.0 Å². The van der Waals surface area contributed by atoms with Crippen molar-refractivity contribution in [2.75, 3.05) is 22.9 Å². The zero-order valence-corrected chi connectivity index (χ0v) is 17.0. The van der Waals surface area contributed by atoms with Crippen LogP contribution in [0, 0.1) is 5.82 Å². The molecule has 2 aromatic rings. The number of aliphatic hydroxyl groups is 1. The summed E-state index contributed by atoms with van der Waals surface area (Å²) >= 11 is 5.80. The quantitative estimate of drug-likeness (QED) is 0.623. The van der Waals surface area contributed by atoms with Crippen molar-refractivity contribution in [2.45, 2.75) is 25.0 Å². The van der Waals surface area contributed by atoms with Crippen LogP contribution in [0.4, 0.5) is 20.6 Å². The van der Waals surface area contributed by atoms with E-state index in [2.05, 4.69) is 5.32 Å². The molecule has 2 aliphatic heterocycles. The molecule has 0 radical (unpaired) electrons. The van der Waals surface area contributed by atoms with Gasteiger partial charge in [0.2, 0.25) is 5.60 Å². The molecule has 0 saturated carbocycles. The van der Waals surface area contributed by atoms with E-state index >= 15 is 0 Å². The van der Waals surface area contributed by atoms with Crippen molar-refractivity contribution in [1.82, 2.24) is 5.32 Å². The summed E-state index contributed by atoms with van der Waals surface area (Å²) in [4.78, 5) is 39.3. The molecule has 8 nitrogen and oxygen atoms in total. The van der Waals surface area contributed by atoms with Crippen molar-refractivity contribution in [3.63, 3.8) is 0 Å². The number of amides is 3. The van der Waals surface area contributed by atoms with Crippen molar-refractivity contribution < 1.29 is 29.0 Å². The maximum absolute atomic E-state index is 13.4. The fourth-order valence-corrected chi connectivity index (χ4v) is 4.20. The molecule has 2 aromatic carbocycles. The Balaban J connectivity index is 1.48. The highest BCUT2D eigenvalue weighted by Crippen LogP contribution is 2.35. The molecule has 1 saturated heterocycles. The average molecular weight is 448 g/mol. The summed E-state index contributed by atoms with van der Waals surface area (Å²) in [7, 11) is 0. The van der Waals surface area contributed by atoms with Gasteiger partial charge in [0.05, 0.1) is 5.69 Å². The Hall–Kier alpha value is -3.17. The summed E-state index contributed by atoms with van der Waals surface area (Å²) < 4.78 is 13.4. The fourth-order valence-electron chi connectivity index (χ4n) is 3.96. The van der Waals surface area contributed by atoms with E-state index in [1.165, 1.54) is 21.9 Å². The zero-order valence-electron chi connectivity index (χ0n) is 16.3. The van der Waals surface area contributed by atoms with Gasteiger partial charge in [0.15, 0.2) is 0 Å². The number of nitrogens with one attached hydrogen (secondary N) is 1. The number of hydrogen-bond donors (Lipinski definition) is 3. The van der Waals surface area contributed by atoms with Crippen LogP contribution in [0.15, 0.2) is 36.4 Å². The van der Waals surface area contributed by atoms with Gasteiger partial charge in [0.25, 0.3) is 11.8 Å². The zero-order chi connectivity index (χ0) is 22.3. The third kappa shape index (κ3) is 3.82. The van der Waals surface area contributed by atoms with E-state index < -0.39 is 29.3 Å². The monoisotopic (exact) mass is 447 g/mol. The molecule has 0 bridgehead atoms. The molecule has 2 heterocycles. The number of carbonyl (C=O) groups excluding carboxylic acids is 2. The number of halogens is 2. The van der Waals surface area contributed by atoms with Crippen LogP contribution in [-0.2, 0) is 22.6 Å². The van der Waals surface area contributed by atoms with Crippen molar-refractivity contribution in [1.29, 1.82) is 0 Å². The summed E-state index contributed by atoms with van der Waals surface area (Å²) in [6, 6.07) is 8.72. The summed E-state index contributed by atoms with van der Waals surface area (Å²) in [5, 5.41) is 22.6. The van der Waals surface area contributed by atoms with Crippen molar-refractivity contribution in [3.8, 4) is 0 Å². The maximum Gasteiger partial charge on any atom is 0.411 e. The Labute approximate surface area is 181 Å². The van der Waals surface area contributed by atoms with Crippen LogP contribution in [0.3, 0.4) is 0 Å². The molecule has 162 valence electrons. The summed E-state index contributed by atoms with van der Waals surface area (Å²) in [6.45, 7) is 0.351. The van der Waals surface area contributed by atoms with E-state index in [4.69, 9.17) is 11.6 Å². The van der Waals surface area contributed by atoms with Crippen LogP contribution < -0.4 is 15.1 Å². The first kappa shape index (κ1) is 21.1. The summed E-state index contributed by atoms with van der Waals surface area (Å²) in [5.41, 5.74) is -0.0359. The van der Waals surface area contributed by atoms with Crippen LogP contribution >= 0.6 is 11.6 Å². The van der Waals surface area contributed by atoms with Gasteiger partial charge >= 0.3 is 6.09 Å². The lowest BCUT2D eigenvalue weighted by Gasteiger charge is -2.22. The number of anilines is 2. The minimum atomic E-state index is -2.25. The minimum Gasteiger partial charge on any atom is -0.465 e. The highest BCUT2D eigenvalue weighted by Gasteiger charge is 2.51. The second-order valence-electron chi connectivity index (χ2n) is 7.52. The number of fused-ring (bicyclic) bond motifs is 1. The largest absolute Gasteiger partial charge is 0.465 e. The molecule has 3 amide bonds. The average Bonchev–Trinajstić information content (AvgIpc) is 3.27. The molecule has 4 rings (SSSR count). The van der Waals surface area contributed by atoms with Crippen LogP contribution in [0.25, 0.3) is 0 Å². The van der Waals surface area contributed by atoms with Gasteiger partial charge in [0.1, 0.15) is 5.82 Å². The van der Waals surface area contributed by atoms with Gasteiger partial charge in [-0.3, -0.25) is 14.5 Å². The Bertz CT molecular complexity index is 1070. The Morgan fingerprint density at radius 1 is 1.19 bits per heavy atom. The number of carbonyl (C=O) groups is 3. The molecular weight excluding hydrogens is 429 g/mol. The SMILES string of the molecule is O=C(O)N1CCc2cc(N3CCC(O)(C(=O)NCc4cc(F)cc(Cl)c4)C3=O)ccc21. The second kappa shape index (κ2) is 7.82. The van der Waals surface area contributed by atoms with Crippen molar-refractivity contribution in [2.24, 2.45) is 0 Å². The van der Waals surface area contributed by atoms with Crippen LogP contribution in [0.2, 0.25) is 5.02 Å². The van der Waals surface area contributed by atoms with Crippen LogP contribution in [0.5, 0.6) is 0 Å². The van der Waals surface area contributed by atoms with E-state index in [0.717, 1.165) is 11.6 Å². The highest BCUT2D eigenvalue weighted by atomic mass is 35.5. The number of rotatable bonds is 4. The second-order valence-corrected chi connectivity index (χ2v) is 7.96. The minimum absolute atomic E-state index is 0.101. The van der Waals surface area contributed by atoms with Gasteiger partial charge in [-0.1, -0.05) is 11.6 Å². The molecule has 0 spiro atoms. The van der Waals surface area contributed by atoms with Crippen molar-refractivity contribution in [3.05, 3.63) is 58.4 Å². The number of hydrogen-bond acceptors (Lipinski definition) is 4. The Kier molecular flexibility index (Phi) is 5.32. The van der Waals surface area contributed by atoms with Gasteiger partial charge in [0, 0.05) is 36.8 Å². The van der Waals surface area contributed by atoms with Gasteiger partial charge in [-0.15, -0.1) is 0 Å². The molecule has 1 atom stereocenters. The lowest BCUT2D eigenvalue weighted by Crippen LogP contribution is -2.52.